The van der Waals surface area contributed by atoms with Crippen molar-refractivity contribution in [2.75, 3.05) is 18.5 Å². The maximum absolute atomic E-state index is 12.3. The number of hydrogen-bond donors (Lipinski definition) is 2. The molecule has 0 radical (unpaired) electrons. The molecule has 1 unspecified atom stereocenters. The number of benzene rings is 1. The SMILES string of the molecule is O=C(Nc1ccc(CC(F)(F)F)cc1)C(=O)N1CCCC1CO. The van der Waals surface area contributed by atoms with Crippen molar-refractivity contribution in [3.8, 4) is 0 Å². The molecule has 1 aliphatic heterocycles. The molecule has 5 nitrogen and oxygen atoms in total. The molecule has 23 heavy (non-hydrogen) atoms. The number of carbonyl (C=O) groups is 2. The van der Waals surface area contributed by atoms with Crippen LogP contribution in [0.2, 0.25) is 0 Å². The monoisotopic (exact) mass is 330 g/mol. The second-order valence-corrected chi connectivity index (χ2v) is 5.42. The molecule has 0 bridgehead atoms. The minimum atomic E-state index is -4.30. The summed E-state index contributed by atoms with van der Waals surface area (Å²) in [6.45, 7) is 0.202. The highest BCUT2D eigenvalue weighted by molar-refractivity contribution is 6.39. The van der Waals surface area contributed by atoms with Crippen LogP contribution in [-0.4, -0.2) is 47.2 Å². The molecule has 8 heteroatoms. The Bertz CT molecular complexity index is 572. The van der Waals surface area contributed by atoms with Gasteiger partial charge < -0.3 is 15.3 Å². The molecule has 2 rings (SSSR count). The summed E-state index contributed by atoms with van der Waals surface area (Å²) in [6.07, 6.45) is -3.99. The third-order valence-electron chi connectivity index (χ3n) is 3.66. The van der Waals surface area contributed by atoms with E-state index in [1.54, 1.807) is 0 Å². The molecule has 1 aromatic rings. The summed E-state index contributed by atoms with van der Waals surface area (Å²) >= 11 is 0. The molecule has 1 aliphatic rings. The third kappa shape index (κ3) is 4.69. The largest absolute Gasteiger partial charge is 0.394 e. The van der Waals surface area contributed by atoms with Gasteiger partial charge in [0.15, 0.2) is 0 Å². The predicted molar refractivity (Wildman–Crippen MR) is 76.7 cm³/mol. The van der Waals surface area contributed by atoms with Crippen LogP contribution in [0.4, 0.5) is 18.9 Å². The Balaban J connectivity index is 1.96. The van der Waals surface area contributed by atoms with Gasteiger partial charge in [-0.15, -0.1) is 0 Å². The Labute approximate surface area is 131 Å². The van der Waals surface area contributed by atoms with Crippen molar-refractivity contribution in [2.45, 2.75) is 31.5 Å². The molecule has 1 atom stereocenters. The van der Waals surface area contributed by atoms with Crippen molar-refractivity contribution in [2.24, 2.45) is 0 Å². The number of halogens is 3. The van der Waals surface area contributed by atoms with Crippen LogP contribution in [0.25, 0.3) is 0 Å². The van der Waals surface area contributed by atoms with E-state index in [-0.39, 0.29) is 23.9 Å². The lowest BCUT2D eigenvalue weighted by atomic mass is 10.1. The molecule has 1 saturated heterocycles. The van der Waals surface area contributed by atoms with Gasteiger partial charge in [-0.05, 0) is 30.5 Å². The fourth-order valence-corrected chi connectivity index (χ4v) is 2.55. The number of hydrogen-bond acceptors (Lipinski definition) is 3. The highest BCUT2D eigenvalue weighted by Gasteiger charge is 2.32. The van der Waals surface area contributed by atoms with Crippen LogP contribution in [0.15, 0.2) is 24.3 Å². The lowest BCUT2D eigenvalue weighted by Gasteiger charge is -2.22. The molecule has 0 saturated carbocycles. The maximum Gasteiger partial charge on any atom is 0.393 e. The number of nitrogens with zero attached hydrogens (tertiary/aromatic N) is 1. The minimum Gasteiger partial charge on any atom is -0.394 e. The third-order valence-corrected chi connectivity index (χ3v) is 3.66. The number of nitrogens with one attached hydrogen (secondary N) is 1. The quantitative estimate of drug-likeness (QED) is 0.829. The summed E-state index contributed by atoms with van der Waals surface area (Å²) in [4.78, 5) is 25.3. The van der Waals surface area contributed by atoms with Crippen molar-refractivity contribution >= 4 is 17.5 Å². The zero-order valence-electron chi connectivity index (χ0n) is 12.3. The van der Waals surface area contributed by atoms with E-state index in [1.165, 1.54) is 29.2 Å². The number of aliphatic hydroxyl groups is 1. The number of amides is 2. The van der Waals surface area contributed by atoms with Gasteiger partial charge in [0.05, 0.1) is 19.1 Å². The first kappa shape index (κ1) is 17.3. The lowest BCUT2D eigenvalue weighted by molar-refractivity contribution is -0.144. The van der Waals surface area contributed by atoms with Crippen LogP contribution < -0.4 is 5.32 Å². The summed E-state index contributed by atoms with van der Waals surface area (Å²) in [7, 11) is 0. The van der Waals surface area contributed by atoms with Crippen molar-refractivity contribution < 1.29 is 27.9 Å². The van der Waals surface area contributed by atoms with Crippen molar-refractivity contribution in [1.82, 2.24) is 4.90 Å². The molecule has 2 amide bonds. The van der Waals surface area contributed by atoms with E-state index in [0.717, 1.165) is 6.42 Å². The number of carbonyl (C=O) groups excluding carboxylic acids is 2. The Kier molecular flexibility index (Phi) is 5.25. The molecule has 1 heterocycles. The second-order valence-electron chi connectivity index (χ2n) is 5.42. The first-order valence-corrected chi connectivity index (χ1v) is 7.18. The van der Waals surface area contributed by atoms with Crippen molar-refractivity contribution in [1.29, 1.82) is 0 Å². The Hall–Kier alpha value is -2.09. The van der Waals surface area contributed by atoms with Gasteiger partial charge in [0.2, 0.25) is 0 Å². The normalized spacial score (nSPS) is 18.1. The summed E-state index contributed by atoms with van der Waals surface area (Å²) in [5.74, 6) is -1.62. The van der Waals surface area contributed by atoms with Crippen LogP contribution >= 0.6 is 0 Å². The molecule has 0 aromatic heterocycles. The zero-order valence-corrected chi connectivity index (χ0v) is 12.3. The van der Waals surface area contributed by atoms with Crippen LogP contribution in [-0.2, 0) is 16.0 Å². The van der Waals surface area contributed by atoms with Crippen LogP contribution in [0, 0.1) is 0 Å². The molecule has 126 valence electrons. The first-order valence-electron chi connectivity index (χ1n) is 7.18. The minimum absolute atomic E-state index is 0.0710. The standard InChI is InChI=1S/C15H17F3N2O3/c16-15(17,18)8-10-3-5-11(6-4-10)19-13(22)14(23)20-7-1-2-12(20)9-21/h3-6,12,21H,1-2,7-9H2,(H,19,22). The van der Waals surface area contributed by atoms with Crippen LogP contribution in [0.3, 0.4) is 0 Å². The van der Waals surface area contributed by atoms with E-state index in [2.05, 4.69) is 5.32 Å². The average molecular weight is 330 g/mol. The molecular weight excluding hydrogens is 313 g/mol. The summed E-state index contributed by atoms with van der Waals surface area (Å²) < 4.78 is 36.8. The number of anilines is 1. The van der Waals surface area contributed by atoms with E-state index < -0.39 is 24.4 Å². The first-order chi connectivity index (χ1) is 10.8. The molecule has 0 spiro atoms. The highest BCUT2D eigenvalue weighted by Crippen LogP contribution is 2.22. The molecule has 2 N–H and O–H groups in total. The predicted octanol–water partition coefficient (Wildman–Crippen LogP) is 1.71. The Morgan fingerprint density at radius 2 is 1.91 bits per heavy atom. The number of likely N-dealkylation sites (tertiary alicyclic amines) is 1. The highest BCUT2D eigenvalue weighted by atomic mass is 19.4. The number of aliphatic hydroxyl groups excluding tert-OH is 1. The van der Waals surface area contributed by atoms with Crippen LogP contribution in [0.5, 0.6) is 0 Å². The van der Waals surface area contributed by atoms with Crippen molar-refractivity contribution in [3.63, 3.8) is 0 Å². The molecule has 1 fully saturated rings. The van der Waals surface area contributed by atoms with Gasteiger partial charge in [-0.1, -0.05) is 12.1 Å². The van der Waals surface area contributed by atoms with Gasteiger partial charge in [-0.3, -0.25) is 9.59 Å². The van der Waals surface area contributed by atoms with E-state index in [0.29, 0.717) is 13.0 Å². The zero-order chi connectivity index (χ0) is 17.0. The van der Waals surface area contributed by atoms with Gasteiger partial charge in [0, 0.05) is 12.2 Å². The number of alkyl halides is 3. The lowest BCUT2D eigenvalue weighted by Crippen LogP contribution is -2.43. The maximum atomic E-state index is 12.3. The van der Waals surface area contributed by atoms with E-state index >= 15 is 0 Å². The van der Waals surface area contributed by atoms with Crippen LogP contribution in [0.1, 0.15) is 18.4 Å². The second kappa shape index (κ2) is 6.99. The smallest absolute Gasteiger partial charge is 0.393 e. The van der Waals surface area contributed by atoms with Gasteiger partial charge in [0.1, 0.15) is 0 Å². The Morgan fingerprint density at radius 1 is 1.26 bits per heavy atom. The summed E-state index contributed by atoms with van der Waals surface area (Å²) in [6, 6.07) is 4.78. The molecular formula is C15H17F3N2O3. The van der Waals surface area contributed by atoms with Gasteiger partial charge in [-0.25, -0.2) is 0 Å². The molecule has 1 aromatic carbocycles. The molecule has 0 aliphatic carbocycles. The summed E-state index contributed by atoms with van der Waals surface area (Å²) in [5.41, 5.74) is 0.315. The van der Waals surface area contributed by atoms with Crippen molar-refractivity contribution in [3.05, 3.63) is 29.8 Å². The van der Waals surface area contributed by atoms with E-state index in [9.17, 15) is 22.8 Å². The number of rotatable bonds is 3. The van der Waals surface area contributed by atoms with Gasteiger partial charge in [-0.2, -0.15) is 13.2 Å². The summed E-state index contributed by atoms with van der Waals surface area (Å²) in [5, 5.41) is 11.5. The fraction of sp³-hybridized carbons (Fsp3) is 0.467. The van der Waals surface area contributed by atoms with E-state index in [4.69, 9.17) is 5.11 Å². The topological polar surface area (TPSA) is 69.6 Å². The van der Waals surface area contributed by atoms with Gasteiger partial charge >= 0.3 is 18.0 Å². The van der Waals surface area contributed by atoms with E-state index in [1.807, 2.05) is 0 Å². The fourth-order valence-electron chi connectivity index (χ4n) is 2.55. The Morgan fingerprint density at radius 3 is 2.48 bits per heavy atom. The van der Waals surface area contributed by atoms with Gasteiger partial charge in [0.25, 0.3) is 0 Å². The average Bonchev–Trinajstić information content (AvgIpc) is 2.95.